The van der Waals surface area contributed by atoms with Gasteiger partial charge in [-0.25, -0.2) is 4.98 Å². The molecule has 4 aromatic rings. The van der Waals surface area contributed by atoms with E-state index in [0.717, 1.165) is 16.6 Å². The second-order valence-electron chi connectivity index (χ2n) is 6.44. The molecule has 0 radical (unpaired) electrons. The minimum absolute atomic E-state index is 0.130. The summed E-state index contributed by atoms with van der Waals surface area (Å²) < 4.78 is 10.9. The van der Waals surface area contributed by atoms with Gasteiger partial charge in [0, 0.05) is 11.1 Å². The highest BCUT2D eigenvalue weighted by molar-refractivity contribution is 6.32. The van der Waals surface area contributed by atoms with Gasteiger partial charge < -0.3 is 14.5 Å². The number of nitrogens with one attached hydrogen (secondary N) is 1. The summed E-state index contributed by atoms with van der Waals surface area (Å²) in [6, 6.07) is 22.4. The Balaban J connectivity index is 1.91. The molecule has 1 heterocycles. The molecule has 5 heteroatoms. The van der Waals surface area contributed by atoms with Gasteiger partial charge in [0.25, 0.3) is 0 Å². The van der Waals surface area contributed by atoms with Gasteiger partial charge in [-0.05, 0) is 24.3 Å². The Hall–Kier alpha value is -3.86. The predicted molar refractivity (Wildman–Crippen MR) is 114 cm³/mol. The maximum Gasteiger partial charge on any atom is 0.196 e. The zero-order valence-electron chi connectivity index (χ0n) is 16.2. The number of rotatable bonds is 6. The summed E-state index contributed by atoms with van der Waals surface area (Å²) in [6.45, 7) is 0. The molecule has 0 saturated carbocycles. The molecule has 0 unspecified atom stereocenters. The first-order valence-electron chi connectivity index (χ1n) is 9.19. The quantitative estimate of drug-likeness (QED) is 0.375. The van der Waals surface area contributed by atoms with Gasteiger partial charge in [0.15, 0.2) is 17.3 Å². The first-order chi connectivity index (χ1) is 14.2. The number of para-hydroxylation sites is 3. The van der Waals surface area contributed by atoms with Crippen molar-refractivity contribution in [2.24, 2.45) is 0 Å². The summed E-state index contributed by atoms with van der Waals surface area (Å²) >= 11 is 0. The molecular weight excluding hydrogens is 364 g/mol. The third kappa shape index (κ3) is 3.62. The van der Waals surface area contributed by atoms with Crippen molar-refractivity contribution in [3.8, 4) is 11.5 Å². The van der Waals surface area contributed by atoms with Crippen molar-refractivity contribution in [1.29, 1.82) is 0 Å². The summed E-state index contributed by atoms with van der Waals surface area (Å²) in [5.74, 6) is 1.53. The normalized spacial score (nSPS) is 11.4. The lowest BCUT2D eigenvalue weighted by Gasteiger charge is -2.11. The number of ether oxygens (including phenoxy) is 2. The molecule has 0 aliphatic rings. The molecular formula is C24H20N2O3. The molecule has 0 atom stereocenters. The van der Waals surface area contributed by atoms with Gasteiger partial charge in [-0.2, -0.15) is 0 Å². The van der Waals surface area contributed by atoms with E-state index in [4.69, 9.17) is 9.47 Å². The molecule has 0 amide bonds. The number of carbonyl (C=O) groups is 1. The minimum atomic E-state index is -0.130. The maximum atomic E-state index is 13.4. The van der Waals surface area contributed by atoms with Crippen LogP contribution in [0, 0.1) is 0 Å². The van der Waals surface area contributed by atoms with Crippen molar-refractivity contribution in [2.75, 3.05) is 14.2 Å². The number of ketones is 1. The fraction of sp³-hybridized carbons (Fsp3) is 0.0833. The summed E-state index contributed by atoms with van der Waals surface area (Å²) in [6.07, 6.45) is 1.79. The number of benzene rings is 3. The van der Waals surface area contributed by atoms with Gasteiger partial charge in [0.2, 0.25) is 0 Å². The summed E-state index contributed by atoms with van der Waals surface area (Å²) in [4.78, 5) is 21.3. The van der Waals surface area contributed by atoms with Crippen LogP contribution in [0.1, 0.15) is 21.7 Å². The first kappa shape index (κ1) is 18.5. The second-order valence-corrected chi connectivity index (χ2v) is 6.44. The number of allylic oxidation sites excluding steroid dienone is 1. The third-order valence-corrected chi connectivity index (χ3v) is 4.66. The van der Waals surface area contributed by atoms with Crippen LogP contribution in [0.4, 0.5) is 0 Å². The predicted octanol–water partition coefficient (Wildman–Crippen LogP) is 5.00. The van der Waals surface area contributed by atoms with E-state index in [0.29, 0.717) is 28.5 Å². The van der Waals surface area contributed by atoms with Crippen LogP contribution >= 0.6 is 0 Å². The van der Waals surface area contributed by atoms with Crippen molar-refractivity contribution < 1.29 is 14.3 Å². The molecule has 29 heavy (non-hydrogen) atoms. The van der Waals surface area contributed by atoms with Crippen molar-refractivity contribution >= 4 is 28.5 Å². The Bertz CT molecular complexity index is 1160. The summed E-state index contributed by atoms with van der Waals surface area (Å²) in [5.41, 5.74) is 3.42. The zero-order valence-corrected chi connectivity index (χ0v) is 16.2. The van der Waals surface area contributed by atoms with Crippen LogP contribution in [-0.4, -0.2) is 30.0 Å². The molecule has 3 aromatic carbocycles. The van der Waals surface area contributed by atoms with Gasteiger partial charge in [0.1, 0.15) is 5.82 Å². The fourth-order valence-electron chi connectivity index (χ4n) is 3.25. The SMILES string of the molecule is COc1cccc(/C=C(/C(=O)c2ccccc2)c2nc3ccccc3[nH]2)c1OC. The van der Waals surface area contributed by atoms with Gasteiger partial charge in [-0.15, -0.1) is 0 Å². The van der Waals surface area contributed by atoms with Crippen molar-refractivity contribution in [1.82, 2.24) is 9.97 Å². The number of carbonyl (C=O) groups excluding carboxylic acids is 1. The number of hydrogen-bond acceptors (Lipinski definition) is 4. The Labute approximate surface area is 168 Å². The van der Waals surface area contributed by atoms with Crippen LogP contribution in [0.15, 0.2) is 72.8 Å². The van der Waals surface area contributed by atoms with Gasteiger partial charge >= 0.3 is 0 Å². The highest BCUT2D eigenvalue weighted by Gasteiger charge is 2.19. The van der Waals surface area contributed by atoms with Crippen molar-refractivity contribution in [3.05, 3.63) is 89.7 Å². The average Bonchev–Trinajstić information content (AvgIpc) is 3.21. The number of fused-ring (bicyclic) bond motifs is 1. The van der Waals surface area contributed by atoms with Gasteiger partial charge in [-0.3, -0.25) is 4.79 Å². The molecule has 1 N–H and O–H groups in total. The Kier molecular flexibility index (Phi) is 5.12. The summed E-state index contributed by atoms with van der Waals surface area (Å²) in [7, 11) is 3.16. The van der Waals surface area contributed by atoms with E-state index in [-0.39, 0.29) is 5.78 Å². The van der Waals surface area contributed by atoms with Gasteiger partial charge in [-0.1, -0.05) is 54.6 Å². The van der Waals surface area contributed by atoms with E-state index < -0.39 is 0 Å². The van der Waals surface area contributed by atoms with E-state index in [1.54, 1.807) is 32.4 Å². The smallest absolute Gasteiger partial charge is 0.196 e. The number of imidazole rings is 1. The lowest BCUT2D eigenvalue weighted by atomic mass is 10.00. The molecule has 0 spiro atoms. The van der Waals surface area contributed by atoms with Crippen LogP contribution in [0.2, 0.25) is 0 Å². The molecule has 0 aliphatic carbocycles. The van der Waals surface area contributed by atoms with Crippen LogP contribution < -0.4 is 9.47 Å². The standard InChI is InChI=1S/C24H20N2O3/c1-28-21-14-8-11-17(23(21)29-2)15-18(22(27)16-9-4-3-5-10-16)24-25-19-12-6-7-13-20(19)26-24/h3-15H,1-2H3,(H,25,26)/b18-15-. The van der Waals surface area contributed by atoms with Crippen LogP contribution in [-0.2, 0) is 0 Å². The number of aromatic amines is 1. The van der Waals surface area contributed by atoms with Crippen LogP contribution in [0.25, 0.3) is 22.7 Å². The number of hydrogen-bond donors (Lipinski definition) is 1. The minimum Gasteiger partial charge on any atom is -0.493 e. The third-order valence-electron chi connectivity index (χ3n) is 4.66. The molecule has 0 aliphatic heterocycles. The Morgan fingerprint density at radius 3 is 2.38 bits per heavy atom. The molecule has 0 saturated heterocycles. The summed E-state index contributed by atoms with van der Waals surface area (Å²) in [5, 5.41) is 0. The van der Waals surface area contributed by atoms with E-state index in [2.05, 4.69) is 9.97 Å². The second kappa shape index (κ2) is 8.02. The molecule has 5 nitrogen and oxygen atoms in total. The van der Waals surface area contributed by atoms with Gasteiger partial charge in [0.05, 0.1) is 30.8 Å². The lowest BCUT2D eigenvalue weighted by molar-refractivity contribution is 0.105. The molecule has 4 rings (SSSR count). The van der Waals surface area contributed by atoms with E-state index >= 15 is 0 Å². The van der Waals surface area contributed by atoms with E-state index in [1.807, 2.05) is 60.7 Å². The zero-order chi connectivity index (χ0) is 20.2. The highest BCUT2D eigenvalue weighted by atomic mass is 16.5. The van der Waals surface area contributed by atoms with Crippen LogP contribution in [0.3, 0.4) is 0 Å². The van der Waals surface area contributed by atoms with E-state index in [9.17, 15) is 4.79 Å². The largest absolute Gasteiger partial charge is 0.493 e. The lowest BCUT2D eigenvalue weighted by Crippen LogP contribution is -2.04. The Morgan fingerprint density at radius 1 is 0.897 bits per heavy atom. The number of methoxy groups -OCH3 is 2. The number of nitrogens with zero attached hydrogens (tertiary/aromatic N) is 1. The van der Waals surface area contributed by atoms with Crippen molar-refractivity contribution in [3.63, 3.8) is 0 Å². The molecule has 0 bridgehead atoms. The molecule has 0 fully saturated rings. The average molecular weight is 384 g/mol. The van der Waals surface area contributed by atoms with Crippen LogP contribution in [0.5, 0.6) is 11.5 Å². The first-order valence-corrected chi connectivity index (χ1v) is 9.19. The molecule has 1 aromatic heterocycles. The monoisotopic (exact) mass is 384 g/mol. The number of aromatic nitrogens is 2. The fourth-order valence-corrected chi connectivity index (χ4v) is 3.25. The topological polar surface area (TPSA) is 64.2 Å². The Morgan fingerprint density at radius 2 is 1.66 bits per heavy atom. The number of H-pyrrole nitrogens is 1. The highest BCUT2D eigenvalue weighted by Crippen LogP contribution is 2.34. The van der Waals surface area contributed by atoms with E-state index in [1.165, 1.54) is 0 Å². The molecule has 144 valence electrons. The van der Waals surface area contributed by atoms with Crippen molar-refractivity contribution in [2.45, 2.75) is 0 Å². The number of Topliss-reactive ketones (excluding diaryl/α,β-unsaturated/α-hetero) is 1. The maximum absolute atomic E-state index is 13.4.